The summed E-state index contributed by atoms with van der Waals surface area (Å²) in [7, 11) is 1.92. The first-order chi connectivity index (χ1) is 8.24. The molecule has 0 N–H and O–H groups in total. The van der Waals surface area contributed by atoms with Crippen LogP contribution in [0.3, 0.4) is 0 Å². The van der Waals surface area contributed by atoms with Gasteiger partial charge < -0.3 is 9.13 Å². The van der Waals surface area contributed by atoms with Crippen molar-refractivity contribution in [2.45, 2.75) is 25.8 Å². The quantitative estimate of drug-likeness (QED) is 0.778. The highest BCUT2D eigenvalue weighted by Crippen LogP contribution is 2.22. The van der Waals surface area contributed by atoms with Gasteiger partial charge in [0.1, 0.15) is 6.33 Å². The third kappa shape index (κ3) is 1.77. The lowest BCUT2D eigenvalue weighted by Gasteiger charge is -2.07. The Kier molecular flexibility index (Phi) is 2.31. The molecule has 0 saturated carbocycles. The summed E-state index contributed by atoms with van der Waals surface area (Å²) in [6.45, 7) is 0.663. The zero-order valence-electron chi connectivity index (χ0n) is 9.76. The molecule has 1 aliphatic carbocycles. The van der Waals surface area contributed by atoms with E-state index < -0.39 is 0 Å². The number of rotatable bonds is 2. The second-order valence-corrected chi connectivity index (χ2v) is 4.50. The lowest BCUT2D eigenvalue weighted by molar-refractivity contribution is 0.0973. The molecule has 0 saturated heterocycles. The molecule has 3 rings (SSSR count). The van der Waals surface area contributed by atoms with Gasteiger partial charge in [0.2, 0.25) is 0 Å². The summed E-state index contributed by atoms with van der Waals surface area (Å²) in [6, 6.07) is 0. The largest absolute Gasteiger partial charge is 0.346 e. The van der Waals surface area contributed by atoms with E-state index in [1.165, 1.54) is 5.56 Å². The fraction of sp³-hybridized carbons (Fsp3) is 0.417. The molecule has 0 spiro atoms. The minimum Gasteiger partial charge on any atom is -0.346 e. The van der Waals surface area contributed by atoms with Gasteiger partial charge in [0, 0.05) is 31.4 Å². The highest BCUT2D eigenvalue weighted by Gasteiger charge is 2.19. The molecule has 0 aliphatic heterocycles. The number of fused-ring (bicyclic) bond motifs is 1. The van der Waals surface area contributed by atoms with Crippen LogP contribution in [-0.4, -0.2) is 25.1 Å². The van der Waals surface area contributed by atoms with E-state index in [0.717, 1.165) is 24.2 Å². The van der Waals surface area contributed by atoms with Crippen LogP contribution in [0.2, 0.25) is 0 Å². The molecule has 0 radical (unpaired) electrons. The van der Waals surface area contributed by atoms with Crippen LogP contribution >= 0.6 is 0 Å². The first-order valence-corrected chi connectivity index (χ1v) is 5.79. The van der Waals surface area contributed by atoms with Crippen molar-refractivity contribution in [2.24, 2.45) is 7.05 Å². The molecule has 1 aliphatic rings. The van der Waals surface area contributed by atoms with Crippen molar-refractivity contribution in [2.75, 3.05) is 0 Å². The molecule has 17 heavy (non-hydrogen) atoms. The molecule has 2 aromatic rings. The Labute approximate surface area is 99.1 Å². The molecule has 88 valence electrons. The van der Waals surface area contributed by atoms with Gasteiger partial charge in [0.15, 0.2) is 11.6 Å². The van der Waals surface area contributed by atoms with Crippen LogP contribution < -0.4 is 0 Å². The van der Waals surface area contributed by atoms with Crippen LogP contribution in [0.15, 0.2) is 18.7 Å². The van der Waals surface area contributed by atoms with E-state index in [4.69, 9.17) is 0 Å². The van der Waals surface area contributed by atoms with Gasteiger partial charge in [-0.2, -0.15) is 0 Å². The summed E-state index contributed by atoms with van der Waals surface area (Å²) in [6.07, 6.45) is 8.34. The van der Waals surface area contributed by atoms with Gasteiger partial charge in [-0.25, -0.2) is 0 Å². The highest BCUT2D eigenvalue weighted by atomic mass is 16.1. The van der Waals surface area contributed by atoms with E-state index in [9.17, 15) is 4.79 Å². The Morgan fingerprint density at radius 3 is 2.94 bits per heavy atom. The summed E-state index contributed by atoms with van der Waals surface area (Å²) < 4.78 is 3.92. The summed E-state index contributed by atoms with van der Waals surface area (Å²) in [5.74, 6) is 1.16. The Balaban J connectivity index is 1.90. The normalized spacial score (nSPS) is 15.0. The van der Waals surface area contributed by atoms with Crippen molar-refractivity contribution in [1.82, 2.24) is 19.3 Å². The molecule has 5 heteroatoms. The Hall–Kier alpha value is -1.91. The number of hydrogen-bond acceptors (Lipinski definition) is 3. The Bertz CT molecular complexity index is 567. The zero-order valence-corrected chi connectivity index (χ0v) is 9.76. The predicted octanol–water partition coefficient (Wildman–Crippen LogP) is 1.18. The van der Waals surface area contributed by atoms with Crippen molar-refractivity contribution in [1.29, 1.82) is 0 Å². The highest BCUT2D eigenvalue weighted by molar-refractivity contribution is 5.98. The van der Waals surface area contributed by atoms with Crippen molar-refractivity contribution in [3.63, 3.8) is 0 Å². The fourth-order valence-corrected chi connectivity index (χ4v) is 2.28. The van der Waals surface area contributed by atoms with E-state index in [1.54, 1.807) is 6.33 Å². The third-order valence-corrected chi connectivity index (χ3v) is 3.24. The maximum Gasteiger partial charge on any atom is 0.164 e. The average molecular weight is 230 g/mol. The number of hydrogen-bond donors (Lipinski definition) is 0. The van der Waals surface area contributed by atoms with Gasteiger partial charge in [-0.3, -0.25) is 4.79 Å². The van der Waals surface area contributed by atoms with Gasteiger partial charge in [-0.05, 0) is 18.4 Å². The molecule has 0 bridgehead atoms. The number of ketones is 1. The topological polar surface area (TPSA) is 52.7 Å². The number of aromatic nitrogens is 4. The Morgan fingerprint density at radius 2 is 2.24 bits per heavy atom. The van der Waals surface area contributed by atoms with Gasteiger partial charge in [0.25, 0.3) is 0 Å². The van der Waals surface area contributed by atoms with Crippen LogP contribution in [0.1, 0.15) is 34.6 Å². The van der Waals surface area contributed by atoms with E-state index in [-0.39, 0.29) is 5.78 Å². The SMILES string of the molecule is Cn1cnnc1Cn1cc2c(c1)C(=O)CCC2. The van der Waals surface area contributed by atoms with Gasteiger partial charge in [-0.1, -0.05) is 0 Å². The van der Waals surface area contributed by atoms with Crippen LogP contribution in [0, 0.1) is 0 Å². The maximum atomic E-state index is 11.7. The van der Waals surface area contributed by atoms with Crippen LogP contribution in [-0.2, 0) is 20.0 Å². The minimum atomic E-state index is 0.267. The summed E-state index contributed by atoms with van der Waals surface area (Å²) in [4.78, 5) is 11.7. The van der Waals surface area contributed by atoms with Crippen molar-refractivity contribution in [3.8, 4) is 0 Å². The number of aryl methyl sites for hydroxylation is 2. The molecule has 0 fully saturated rings. The van der Waals surface area contributed by atoms with Gasteiger partial charge in [-0.15, -0.1) is 10.2 Å². The molecular formula is C12H14N4O. The Morgan fingerprint density at radius 1 is 1.35 bits per heavy atom. The standard InChI is InChI=1S/C12H14N4O/c1-15-8-13-14-12(15)7-16-5-9-3-2-4-11(17)10(9)6-16/h5-6,8H,2-4,7H2,1H3. The monoisotopic (exact) mass is 230 g/mol. The van der Waals surface area contributed by atoms with Crippen molar-refractivity contribution < 1.29 is 4.79 Å². The lowest BCUT2D eigenvalue weighted by Crippen LogP contribution is -2.07. The summed E-state index contributed by atoms with van der Waals surface area (Å²) in [5.41, 5.74) is 2.06. The molecule has 0 unspecified atom stereocenters. The number of carbonyl (C=O) groups excluding carboxylic acids is 1. The fourth-order valence-electron chi connectivity index (χ4n) is 2.28. The predicted molar refractivity (Wildman–Crippen MR) is 61.8 cm³/mol. The first-order valence-electron chi connectivity index (χ1n) is 5.79. The van der Waals surface area contributed by atoms with Crippen LogP contribution in [0.5, 0.6) is 0 Å². The molecule has 2 aromatic heterocycles. The zero-order chi connectivity index (χ0) is 11.8. The third-order valence-electron chi connectivity index (χ3n) is 3.24. The molecule has 0 amide bonds. The number of nitrogens with zero attached hydrogens (tertiary/aromatic N) is 4. The second kappa shape index (κ2) is 3.84. The summed E-state index contributed by atoms with van der Waals surface area (Å²) in [5, 5.41) is 7.89. The maximum absolute atomic E-state index is 11.7. The first kappa shape index (κ1) is 10.3. The molecule has 0 aromatic carbocycles. The van der Waals surface area contributed by atoms with Crippen molar-refractivity contribution >= 4 is 5.78 Å². The van der Waals surface area contributed by atoms with E-state index in [2.05, 4.69) is 16.4 Å². The number of Topliss-reactive ketones (excluding diaryl/α,β-unsaturated/α-hetero) is 1. The minimum absolute atomic E-state index is 0.267. The molecule has 0 atom stereocenters. The lowest BCUT2D eigenvalue weighted by atomic mass is 9.95. The average Bonchev–Trinajstić information content (AvgIpc) is 2.87. The van der Waals surface area contributed by atoms with E-state index in [0.29, 0.717) is 13.0 Å². The van der Waals surface area contributed by atoms with Gasteiger partial charge >= 0.3 is 0 Å². The van der Waals surface area contributed by atoms with Crippen molar-refractivity contribution in [3.05, 3.63) is 35.7 Å². The second-order valence-electron chi connectivity index (χ2n) is 4.50. The van der Waals surface area contributed by atoms with E-state index >= 15 is 0 Å². The smallest absolute Gasteiger partial charge is 0.164 e. The van der Waals surface area contributed by atoms with Gasteiger partial charge in [0.05, 0.1) is 6.54 Å². The van der Waals surface area contributed by atoms with Crippen LogP contribution in [0.4, 0.5) is 0 Å². The molecule has 2 heterocycles. The summed E-state index contributed by atoms with van der Waals surface area (Å²) >= 11 is 0. The van der Waals surface area contributed by atoms with E-state index in [1.807, 2.05) is 22.4 Å². The number of carbonyl (C=O) groups is 1. The van der Waals surface area contributed by atoms with Crippen LogP contribution in [0.25, 0.3) is 0 Å². The molecular weight excluding hydrogens is 216 g/mol. The molecule has 5 nitrogen and oxygen atoms in total.